The second-order valence-corrected chi connectivity index (χ2v) is 5.22. The molecule has 0 aliphatic rings. The third-order valence-electron chi connectivity index (χ3n) is 3.11. The number of hydrogen-bond donors (Lipinski definition) is 2. The normalized spacial score (nSPS) is 13.6. The van der Waals surface area contributed by atoms with E-state index in [4.69, 9.17) is 5.11 Å². The van der Waals surface area contributed by atoms with Crippen molar-refractivity contribution in [2.24, 2.45) is 0 Å². The van der Waals surface area contributed by atoms with Gasteiger partial charge >= 0.3 is 5.97 Å². The molecule has 3 heteroatoms. The van der Waals surface area contributed by atoms with Crippen LogP contribution in [0.15, 0.2) is 36.5 Å². The van der Waals surface area contributed by atoms with Crippen LogP contribution in [0, 0.1) is 0 Å². The average molecular weight is 294 g/mol. The summed E-state index contributed by atoms with van der Waals surface area (Å²) in [6.45, 7) is 2.19. The summed E-state index contributed by atoms with van der Waals surface area (Å²) >= 11 is 0. The number of carboxylic acids is 1. The Kier molecular flexibility index (Phi) is 14.1. The highest BCUT2D eigenvalue weighted by Gasteiger charge is 1.95. The van der Waals surface area contributed by atoms with E-state index in [-0.39, 0.29) is 6.42 Å². The molecule has 0 heterocycles. The van der Waals surface area contributed by atoms with E-state index in [1.807, 2.05) is 24.3 Å². The van der Waals surface area contributed by atoms with Gasteiger partial charge < -0.3 is 10.2 Å². The molecule has 0 amide bonds. The van der Waals surface area contributed by atoms with Gasteiger partial charge in [0.05, 0.1) is 6.10 Å². The summed E-state index contributed by atoms with van der Waals surface area (Å²) in [6.07, 6.45) is 19.5. The molecule has 0 aromatic rings. The highest BCUT2D eigenvalue weighted by atomic mass is 16.4. The van der Waals surface area contributed by atoms with E-state index >= 15 is 0 Å². The Hall–Kier alpha value is -1.35. The molecule has 0 fully saturated rings. The molecule has 2 N–H and O–H groups in total. The lowest BCUT2D eigenvalue weighted by atomic mass is 10.1. The fourth-order valence-electron chi connectivity index (χ4n) is 1.85. The Balaban J connectivity index is 3.55. The zero-order chi connectivity index (χ0) is 15.8. The SMILES string of the molecule is CCCCC/C=C/C=C/C(O)C/C=C\CCCCC(=O)O. The number of aliphatic hydroxyl groups excluding tert-OH is 1. The van der Waals surface area contributed by atoms with E-state index in [1.165, 1.54) is 19.3 Å². The van der Waals surface area contributed by atoms with Crippen LogP contribution < -0.4 is 0 Å². The Morgan fingerprint density at radius 3 is 2.43 bits per heavy atom. The van der Waals surface area contributed by atoms with Gasteiger partial charge in [0.2, 0.25) is 0 Å². The highest BCUT2D eigenvalue weighted by Crippen LogP contribution is 2.03. The summed E-state index contributed by atoms with van der Waals surface area (Å²) in [5, 5.41) is 18.2. The van der Waals surface area contributed by atoms with Crippen molar-refractivity contribution in [1.29, 1.82) is 0 Å². The van der Waals surface area contributed by atoms with Crippen LogP contribution in [0.5, 0.6) is 0 Å². The van der Waals surface area contributed by atoms with Crippen LogP contribution in [-0.4, -0.2) is 22.3 Å². The van der Waals surface area contributed by atoms with Gasteiger partial charge in [-0.15, -0.1) is 0 Å². The molecule has 0 bridgehead atoms. The predicted octanol–water partition coefficient (Wildman–Crippen LogP) is 4.63. The van der Waals surface area contributed by atoms with E-state index in [0.717, 1.165) is 19.3 Å². The van der Waals surface area contributed by atoms with Gasteiger partial charge in [0, 0.05) is 6.42 Å². The fraction of sp³-hybridized carbons (Fsp3) is 0.611. The van der Waals surface area contributed by atoms with Crippen molar-refractivity contribution in [2.45, 2.75) is 70.8 Å². The van der Waals surface area contributed by atoms with Gasteiger partial charge in [0.15, 0.2) is 0 Å². The molecular weight excluding hydrogens is 264 g/mol. The second kappa shape index (κ2) is 15.0. The van der Waals surface area contributed by atoms with Crippen molar-refractivity contribution in [3.8, 4) is 0 Å². The molecule has 0 aromatic carbocycles. The Labute approximate surface area is 129 Å². The number of aliphatic hydroxyl groups is 1. The molecule has 1 unspecified atom stereocenters. The summed E-state index contributed by atoms with van der Waals surface area (Å²) in [5.74, 6) is -0.734. The van der Waals surface area contributed by atoms with E-state index in [0.29, 0.717) is 12.8 Å². The van der Waals surface area contributed by atoms with Crippen molar-refractivity contribution >= 4 is 5.97 Å². The van der Waals surface area contributed by atoms with Crippen LogP contribution in [0.4, 0.5) is 0 Å². The molecule has 0 aromatic heterocycles. The number of hydrogen-bond acceptors (Lipinski definition) is 2. The molecular formula is C18H30O3. The molecule has 0 rings (SSSR count). The van der Waals surface area contributed by atoms with Crippen molar-refractivity contribution in [3.63, 3.8) is 0 Å². The molecule has 0 aliphatic carbocycles. The molecule has 3 nitrogen and oxygen atoms in total. The third kappa shape index (κ3) is 16.6. The molecule has 120 valence electrons. The van der Waals surface area contributed by atoms with Crippen LogP contribution in [0.25, 0.3) is 0 Å². The zero-order valence-corrected chi connectivity index (χ0v) is 13.2. The van der Waals surface area contributed by atoms with E-state index in [9.17, 15) is 9.90 Å². The summed E-state index contributed by atoms with van der Waals surface area (Å²) in [5.41, 5.74) is 0. The van der Waals surface area contributed by atoms with Crippen molar-refractivity contribution < 1.29 is 15.0 Å². The molecule has 0 spiro atoms. The first-order chi connectivity index (χ1) is 10.2. The van der Waals surface area contributed by atoms with Crippen LogP contribution >= 0.6 is 0 Å². The van der Waals surface area contributed by atoms with Crippen molar-refractivity contribution in [2.75, 3.05) is 0 Å². The van der Waals surface area contributed by atoms with Crippen LogP contribution in [0.2, 0.25) is 0 Å². The summed E-state index contributed by atoms with van der Waals surface area (Å²) in [4.78, 5) is 10.3. The number of rotatable bonds is 13. The number of allylic oxidation sites excluding steroid dienone is 4. The van der Waals surface area contributed by atoms with Crippen LogP contribution in [-0.2, 0) is 4.79 Å². The minimum Gasteiger partial charge on any atom is -0.481 e. The van der Waals surface area contributed by atoms with Crippen LogP contribution in [0.3, 0.4) is 0 Å². The van der Waals surface area contributed by atoms with Gasteiger partial charge in [0.1, 0.15) is 0 Å². The molecule has 0 saturated carbocycles. The first kappa shape index (κ1) is 19.7. The van der Waals surface area contributed by atoms with E-state index in [2.05, 4.69) is 13.0 Å². The quantitative estimate of drug-likeness (QED) is 0.296. The van der Waals surface area contributed by atoms with Gasteiger partial charge in [0.25, 0.3) is 0 Å². The van der Waals surface area contributed by atoms with Crippen molar-refractivity contribution in [1.82, 2.24) is 0 Å². The zero-order valence-electron chi connectivity index (χ0n) is 13.2. The Bertz CT molecular complexity index is 329. The van der Waals surface area contributed by atoms with Gasteiger partial charge in [-0.1, -0.05) is 56.2 Å². The fourth-order valence-corrected chi connectivity index (χ4v) is 1.85. The minimum absolute atomic E-state index is 0.240. The van der Waals surface area contributed by atoms with Gasteiger partial charge in [-0.05, 0) is 38.5 Å². The Morgan fingerprint density at radius 1 is 1.00 bits per heavy atom. The lowest BCUT2D eigenvalue weighted by Crippen LogP contribution is -1.98. The second-order valence-electron chi connectivity index (χ2n) is 5.22. The van der Waals surface area contributed by atoms with Gasteiger partial charge in [-0.25, -0.2) is 0 Å². The standard InChI is InChI=1S/C18H30O3/c1-2-3-4-5-6-8-11-14-17(19)15-12-9-7-10-13-16-18(20)21/h6,8-9,11-12,14,17,19H,2-5,7,10,13,15-16H2,1H3,(H,20,21)/b8-6+,12-9-,14-11+. The largest absolute Gasteiger partial charge is 0.481 e. The molecule has 0 aliphatic heterocycles. The molecule has 1 atom stereocenters. The van der Waals surface area contributed by atoms with Crippen LogP contribution in [0.1, 0.15) is 64.7 Å². The molecule has 0 saturated heterocycles. The van der Waals surface area contributed by atoms with Gasteiger partial charge in [-0.2, -0.15) is 0 Å². The lowest BCUT2D eigenvalue weighted by Gasteiger charge is -1.99. The molecule has 21 heavy (non-hydrogen) atoms. The van der Waals surface area contributed by atoms with E-state index in [1.54, 1.807) is 6.08 Å². The highest BCUT2D eigenvalue weighted by molar-refractivity contribution is 5.66. The number of aliphatic carboxylic acids is 1. The smallest absolute Gasteiger partial charge is 0.303 e. The van der Waals surface area contributed by atoms with Gasteiger partial charge in [-0.3, -0.25) is 4.79 Å². The lowest BCUT2D eigenvalue weighted by molar-refractivity contribution is -0.137. The number of carboxylic acid groups (broad SMARTS) is 1. The third-order valence-corrected chi connectivity index (χ3v) is 3.11. The predicted molar refractivity (Wildman–Crippen MR) is 88.3 cm³/mol. The average Bonchev–Trinajstić information content (AvgIpc) is 2.45. The maximum Gasteiger partial charge on any atom is 0.303 e. The topological polar surface area (TPSA) is 57.5 Å². The Morgan fingerprint density at radius 2 is 1.71 bits per heavy atom. The summed E-state index contributed by atoms with van der Waals surface area (Å²) in [6, 6.07) is 0. The molecule has 0 radical (unpaired) electrons. The minimum atomic E-state index is -0.734. The number of unbranched alkanes of at least 4 members (excludes halogenated alkanes) is 5. The first-order valence-electron chi connectivity index (χ1n) is 8.05. The summed E-state index contributed by atoms with van der Waals surface area (Å²) in [7, 11) is 0. The maximum atomic E-state index is 10.3. The van der Waals surface area contributed by atoms with Crippen molar-refractivity contribution in [3.05, 3.63) is 36.5 Å². The first-order valence-corrected chi connectivity index (χ1v) is 8.05. The summed E-state index contributed by atoms with van der Waals surface area (Å²) < 4.78 is 0. The van der Waals surface area contributed by atoms with E-state index < -0.39 is 12.1 Å². The maximum absolute atomic E-state index is 10.3. The monoisotopic (exact) mass is 294 g/mol. The number of carbonyl (C=O) groups is 1.